The molecule has 1 fully saturated rings. The molecule has 0 bridgehead atoms. The number of phenols is 14. The Morgan fingerprint density at radius 3 is 1.51 bits per heavy atom. The van der Waals surface area contributed by atoms with E-state index in [0.717, 1.165) is 0 Å². The number of aromatic hydroxyl groups is 14. The van der Waals surface area contributed by atoms with Crippen molar-refractivity contribution < 1.29 is 134 Å². The van der Waals surface area contributed by atoms with Crippen LogP contribution in [-0.2, 0) is 23.7 Å². The van der Waals surface area contributed by atoms with Gasteiger partial charge >= 0.3 is 29.8 Å². The minimum absolute atomic E-state index is 0.369. The molecule has 0 spiro atoms. The van der Waals surface area contributed by atoms with Gasteiger partial charge in [0.1, 0.15) is 18.3 Å². The lowest BCUT2D eigenvalue weighted by atomic mass is 9.91. The van der Waals surface area contributed by atoms with Crippen LogP contribution in [0.25, 0.3) is 11.1 Å². The molecule has 0 saturated carbocycles. The first-order chi connectivity index (χ1) is 31.9. The fraction of sp³-hybridized carbons (Fsp3) is 0.146. The number of carbonyl (C=O) groups is 5. The number of rotatable bonds is 7. The number of aliphatic hydroxyl groups excluding tert-OH is 1. The Balaban J connectivity index is 1.44. The van der Waals surface area contributed by atoms with Crippen LogP contribution in [0.1, 0.15) is 51.8 Å². The number of fused-ring (bicyclic) bond motifs is 4. The molecular formula is C41H30O27. The monoisotopic (exact) mass is 954 g/mol. The third-order valence-corrected chi connectivity index (χ3v) is 10.2. The number of carbonyl (C=O) groups excluding carboxylic acids is 4. The van der Waals surface area contributed by atoms with Gasteiger partial charge in [0.15, 0.2) is 93.6 Å². The fourth-order valence-electron chi connectivity index (χ4n) is 6.87. The third kappa shape index (κ3) is 7.96. The molecule has 2 heterocycles. The number of aliphatic hydroxyl groups is 1. The molecule has 2 aliphatic rings. The highest BCUT2D eigenvalue weighted by Crippen LogP contribution is 2.55. The number of ether oxygens (including phenoxy) is 6. The summed E-state index contributed by atoms with van der Waals surface area (Å²) in [6.45, 7) is -1.21. The molecule has 0 radical (unpaired) electrons. The third-order valence-electron chi connectivity index (χ3n) is 10.2. The standard InChI is InChI=1S/C41H30O27/c42-14-1-9(2-15(43)24(14)48)37(58)67-34-33-21(65-41(62)35(34)68-38(59)10-3-16(44)25(49)17(45)4-10)8-63-39(60)11-5-18(46)26(50)29(53)22(11)23-12(40(61)66-33)7-20(28(52)30(23)54)64-32-13(36(56)57)6-19(47)27(51)31(32)55/h1-7,21,33-35,41-55,62H,8H2,(H,56,57)/t21-,33-,34+,35-,41-/m1/s1. The molecule has 68 heavy (non-hydrogen) atoms. The summed E-state index contributed by atoms with van der Waals surface area (Å²) in [4.78, 5) is 67.8. The van der Waals surface area contributed by atoms with Crippen molar-refractivity contribution in [2.24, 2.45) is 0 Å². The van der Waals surface area contributed by atoms with Gasteiger partial charge in [-0.15, -0.1) is 0 Å². The molecule has 0 aromatic heterocycles. The first kappa shape index (κ1) is 46.4. The van der Waals surface area contributed by atoms with Gasteiger partial charge in [-0.3, -0.25) is 0 Å². The quantitative estimate of drug-likeness (QED) is 0.0625. The van der Waals surface area contributed by atoms with Crippen molar-refractivity contribution in [1.29, 1.82) is 0 Å². The van der Waals surface area contributed by atoms with E-state index < -0.39 is 198 Å². The zero-order chi connectivity index (χ0) is 50.0. The minimum atomic E-state index is -2.54. The largest absolute Gasteiger partial charge is 0.504 e. The Hall–Kier alpha value is -9.63. The first-order valence-electron chi connectivity index (χ1n) is 18.6. The zero-order valence-corrected chi connectivity index (χ0v) is 33.3. The SMILES string of the molecule is O=C(O[C@@H]1[C@@H](OC(=O)c2cc(O)c(O)c(O)c2)[C@H](O)O[C@@H]2COC(=O)c3cc(O)c(O)c(O)c3-c3c(cc(Oc4c(C(=O)O)cc(O)c(O)c4O)c(O)c3O)C(=O)O[C@@H]12)c1cc(O)c(O)c(O)c1. The first-order valence-corrected chi connectivity index (χ1v) is 18.6. The van der Waals surface area contributed by atoms with Gasteiger partial charge in [-0.2, -0.15) is 0 Å². The van der Waals surface area contributed by atoms with Crippen LogP contribution in [0, 0.1) is 0 Å². The Kier molecular flexibility index (Phi) is 11.6. The maximum absolute atomic E-state index is 14.7. The normalized spacial score (nSPS) is 18.9. The summed E-state index contributed by atoms with van der Waals surface area (Å²) in [6.07, 6.45) is -12.0. The van der Waals surface area contributed by atoms with Crippen molar-refractivity contribution in [3.05, 3.63) is 70.3 Å². The fourth-order valence-corrected chi connectivity index (χ4v) is 6.87. The molecular weight excluding hydrogens is 924 g/mol. The predicted octanol–water partition coefficient (Wildman–Crippen LogP) is 1.59. The summed E-state index contributed by atoms with van der Waals surface area (Å²) >= 11 is 0. The lowest BCUT2D eigenvalue weighted by Crippen LogP contribution is -2.62. The number of hydrogen-bond donors (Lipinski definition) is 16. The van der Waals surface area contributed by atoms with Crippen LogP contribution < -0.4 is 4.74 Å². The number of cyclic esters (lactones) is 1. The molecule has 27 nitrogen and oxygen atoms in total. The minimum Gasteiger partial charge on any atom is -0.504 e. The Bertz CT molecular complexity index is 2950. The summed E-state index contributed by atoms with van der Waals surface area (Å²) in [6, 6.07) is 3.39. The van der Waals surface area contributed by atoms with E-state index >= 15 is 0 Å². The molecule has 0 unspecified atom stereocenters. The molecule has 356 valence electrons. The summed E-state index contributed by atoms with van der Waals surface area (Å²) in [5.74, 6) is -29.2. The molecule has 1 saturated heterocycles. The van der Waals surface area contributed by atoms with Gasteiger partial charge in [-0.25, -0.2) is 24.0 Å². The molecule has 5 atom stereocenters. The topological polar surface area (TPSA) is 464 Å². The summed E-state index contributed by atoms with van der Waals surface area (Å²) in [5.41, 5.74) is -7.27. The zero-order valence-electron chi connectivity index (χ0n) is 33.3. The van der Waals surface area contributed by atoms with E-state index in [1.807, 2.05) is 0 Å². The molecule has 0 amide bonds. The van der Waals surface area contributed by atoms with Gasteiger partial charge in [0.05, 0.1) is 22.3 Å². The van der Waals surface area contributed by atoms with Gasteiger partial charge in [-0.1, -0.05) is 0 Å². The van der Waals surface area contributed by atoms with Crippen LogP contribution in [0.2, 0.25) is 0 Å². The van der Waals surface area contributed by atoms with Gasteiger partial charge in [0.25, 0.3) is 0 Å². The number of benzene rings is 5. The summed E-state index contributed by atoms with van der Waals surface area (Å²) in [7, 11) is 0. The second kappa shape index (κ2) is 17.1. The lowest BCUT2D eigenvalue weighted by Gasteiger charge is -2.42. The molecule has 7 rings (SSSR count). The van der Waals surface area contributed by atoms with Gasteiger partial charge in [0, 0.05) is 23.3 Å². The van der Waals surface area contributed by atoms with Gasteiger partial charge < -0.3 is 110 Å². The van der Waals surface area contributed by atoms with Crippen molar-refractivity contribution in [2.45, 2.75) is 30.7 Å². The Morgan fingerprint density at radius 2 is 0.985 bits per heavy atom. The van der Waals surface area contributed by atoms with E-state index in [4.69, 9.17) is 28.4 Å². The molecule has 5 aromatic carbocycles. The van der Waals surface area contributed by atoms with Crippen molar-refractivity contribution >= 4 is 29.8 Å². The van der Waals surface area contributed by atoms with Crippen molar-refractivity contribution in [1.82, 2.24) is 0 Å². The lowest BCUT2D eigenvalue weighted by molar-refractivity contribution is -0.284. The van der Waals surface area contributed by atoms with E-state index in [2.05, 4.69) is 0 Å². The van der Waals surface area contributed by atoms with Crippen LogP contribution in [0.15, 0.2) is 42.5 Å². The highest BCUT2D eigenvalue weighted by Gasteiger charge is 2.53. The van der Waals surface area contributed by atoms with Crippen LogP contribution in [0.5, 0.6) is 92.0 Å². The maximum Gasteiger partial charge on any atom is 0.339 e. The van der Waals surface area contributed by atoms with E-state index in [-0.39, 0.29) is 0 Å². The van der Waals surface area contributed by atoms with E-state index in [1.54, 1.807) is 0 Å². The molecule has 0 aliphatic carbocycles. The van der Waals surface area contributed by atoms with E-state index in [1.165, 1.54) is 0 Å². The average Bonchev–Trinajstić information content (AvgIpc) is 3.29. The highest BCUT2D eigenvalue weighted by molar-refractivity contribution is 6.08. The number of carboxylic acid groups (broad SMARTS) is 1. The number of aromatic carboxylic acids is 1. The van der Waals surface area contributed by atoms with Crippen LogP contribution >= 0.6 is 0 Å². The molecule has 27 heteroatoms. The predicted molar refractivity (Wildman–Crippen MR) is 210 cm³/mol. The number of esters is 4. The number of hydrogen-bond acceptors (Lipinski definition) is 26. The van der Waals surface area contributed by atoms with Crippen LogP contribution in [0.3, 0.4) is 0 Å². The average molecular weight is 955 g/mol. The van der Waals surface area contributed by atoms with E-state index in [9.17, 15) is 106 Å². The second-order valence-electron chi connectivity index (χ2n) is 14.4. The number of carboxylic acids is 1. The molecule has 16 N–H and O–H groups in total. The van der Waals surface area contributed by atoms with Crippen molar-refractivity contribution in [2.75, 3.05) is 6.61 Å². The molecule has 2 aliphatic heterocycles. The summed E-state index contributed by atoms with van der Waals surface area (Å²) in [5, 5.41) is 167. The van der Waals surface area contributed by atoms with Crippen LogP contribution in [0.4, 0.5) is 0 Å². The van der Waals surface area contributed by atoms with Crippen LogP contribution in [-0.4, -0.2) is 149 Å². The van der Waals surface area contributed by atoms with E-state index in [0.29, 0.717) is 42.5 Å². The number of phenolic OH excluding ortho intramolecular Hbond substituents is 14. The van der Waals surface area contributed by atoms with Crippen molar-refractivity contribution in [3.8, 4) is 103 Å². The van der Waals surface area contributed by atoms with Gasteiger partial charge in [0.2, 0.25) is 23.0 Å². The summed E-state index contributed by atoms with van der Waals surface area (Å²) < 4.78 is 32.6. The van der Waals surface area contributed by atoms with Gasteiger partial charge in [-0.05, 0) is 30.3 Å². The highest BCUT2D eigenvalue weighted by atomic mass is 16.7. The van der Waals surface area contributed by atoms with Crippen molar-refractivity contribution in [3.63, 3.8) is 0 Å². The molecule has 5 aromatic rings. The second-order valence-corrected chi connectivity index (χ2v) is 14.4. The Morgan fingerprint density at radius 1 is 0.529 bits per heavy atom. The maximum atomic E-state index is 14.7. The smallest absolute Gasteiger partial charge is 0.339 e. The Labute approximate surface area is 374 Å².